The summed E-state index contributed by atoms with van der Waals surface area (Å²) < 4.78 is 4.96. The Kier molecular flexibility index (Phi) is 12.1. The van der Waals surface area contributed by atoms with Gasteiger partial charge in [0.05, 0.1) is 0 Å². The maximum absolute atomic E-state index is 10.8. The molecule has 5 heteroatoms. The number of hydrogen-bond donors (Lipinski definition) is 1. The summed E-state index contributed by atoms with van der Waals surface area (Å²) in [4.78, 5) is 20.4. The van der Waals surface area contributed by atoms with Crippen molar-refractivity contribution in [3.05, 3.63) is 24.3 Å². The number of hydrogen-bond acceptors (Lipinski definition) is 3. The number of carboxylic acid groups (broad SMARTS) is 1. The van der Waals surface area contributed by atoms with Crippen LogP contribution in [-0.2, 0) is 14.3 Å². The average molecular weight is 252 g/mol. The molecule has 0 heterocycles. The third kappa shape index (κ3) is 18.0. The molecule has 0 saturated heterocycles. The van der Waals surface area contributed by atoms with E-state index in [2.05, 4.69) is 13.2 Å². The summed E-state index contributed by atoms with van der Waals surface area (Å²) in [5.41, 5.74) is 0.209. The summed E-state index contributed by atoms with van der Waals surface area (Å²) in [6.07, 6.45) is 0. The molecule has 0 aliphatic heterocycles. The van der Waals surface area contributed by atoms with E-state index in [4.69, 9.17) is 9.84 Å². The van der Waals surface area contributed by atoms with Crippen molar-refractivity contribution in [3.63, 3.8) is 0 Å². The summed E-state index contributed by atoms with van der Waals surface area (Å²) >= 11 is 0. The van der Waals surface area contributed by atoms with Crippen LogP contribution in [0.1, 0.15) is 36.0 Å². The standard InChI is InChI=1S/C8H14O2.C4H6O2.Na.H/c1-6(2)7(9)10-8(3,4)5;1-3(2)4(5)6;;/h1H2,2-5H3;1H2,2H3,(H,5,6);;/q;;+1;-1. The van der Waals surface area contributed by atoms with E-state index in [1.807, 2.05) is 20.8 Å². The number of esters is 1. The predicted octanol–water partition coefficient (Wildman–Crippen LogP) is -0.332. The molecule has 0 spiro atoms. The van der Waals surface area contributed by atoms with E-state index in [-0.39, 0.29) is 42.5 Å². The van der Waals surface area contributed by atoms with Crippen molar-refractivity contribution in [3.8, 4) is 0 Å². The number of aliphatic carboxylic acids is 1. The second-order valence-electron chi connectivity index (χ2n) is 4.37. The van der Waals surface area contributed by atoms with Crippen LogP contribution in [0.3, 0.4) is 0 Å². The maximum atomic E-state index is 10.8. The zero-order valence-corrected chi connectivity index (χ0v) is 13.6. The van der Waals surface area contributed by atoms with Crippen molar-refractivity contribution in [2.24, 2.45) is 0 Å². The van der Waals surface area contributed by atoms with E-state index >= 15 is 0 Å². The van der Waals surface area contributed by atoms with Gasteiger partial charge in [-0.2, -0.15) is 0 Å². The third-order valence-electron chi connectivity index (χ3n) is 1.11. The second-order valence-corrected chi connectivity index (χ2v) is 4.37. The number of carbonyl (C=O) groups is 2. The molecule has 0 rings (SSSR count). The number of rotatable bonds is 2. The zero-order valence-electron chi connectivity index (χ0n) is 12.6. The van der Waals surface area contributed by atoms with E-state index in [1.54, 1.807) is 6.92 Å². The van der Waals surface area contributed by atoms with Crippen LogP contribution in [0.4, 0.5) is 0 Å². The van der Waals surface area contributed by atoms with E-state index in [1.165, 1.54) is 6.92 Å². The Balaban J connectivity index is -0.000000108. The summed E-state index contributed by atoms with van der Waals surface area (Å²) in [6.45, 7) is 15.2. The van der Waals surface area contributed by atoms with Gasteiger partial charge in [0.15, 0.2) is 0 Å². The molecule has 0 saturated carbocycles. The van der Waals surface area contributed by atoms with Crippen molar-refractivity contribution in [1.82, 2.24) is 0 Å². The van der Waals surface area contributed by atoms with Gasteiger partial charge in [-0.05, 0) is 34.6 Å². The number of ether oxygens (including phenoxy) is 1. The van der Waals surface area contributed by atoms with Gasteiger partial charge in [0.25, 0.3) is 0 Å². The molecular formula is C12H21NaO4. The van der Waals surface area contributed by atoms with Crippen LogP contribution in [0.25, 0.3) is 0 Å². The average Bonchev–Trinajstić information content (AvgIpc) is 2.01. The van der Waals surface area contributed by atoms with Crippen molar-refractivity contribution in [2.45, 2.75) is 40.2 Å². The van der Waals surface area contributed by atoms with Gasteiger partial charge < -0.3 is 11.3 Å². The smallest absolute Gasteiger partial charge is 1.00 e. The van der Waals surface area contributed by atoms with Crippen LogP contribution in [-0.4, -0.2) is 22.6 Å². The van der Waals surface area contributed by atoms with Gasteiger partial charge in [-0.1, -0.05) is 13.2 Å². The minimum absolute atomic E-state index is 0. The first-order valence-corrected chi connectivity index (χ1v) is 4.75. The topological polar surface area (TPSA) is 63.6 Å². The van der Waals surface area contributed by atoms with Gasteiger partial charge in [0, 0.05) is 11.1 Å². The quantitative estimate of drug-likeness (QED) is 0.415. The maximum Gasteiger partial charge on any atom is 1.00 e. The molecule has 0 radical (unpaired) electrons. The second kappa shape index (κ2) is 9.45. The van der Waals surface area contributed by atoms with Crippen LogP contribution in [0, 0.1) is 0 Å². The van der Waals surface area contributed by atoms with Gasteiger partial charge in [-0.3, -0.25) is 0 Å². The molecule has 0 aliphatic carbocycles. The van der Waals surface area contributed by atoms with Crippen LogP contribution in [0.5, 0.6) is 0 Å². The molecule has 0 bridgehead atoms. The molecule has 0 atom stereocenters. The molecular weight excluding hydrogens is 231 g/mol. The Morgan fingerprint density at radius 1 is 1.12 bits per heavy atom. The Morgan fingerprint density at radius 2 is 1.41 bits per heavy atom. The summed E-state index contributed by atoms with van der Waals surface area (Å²) in [5, 5.41) is 7.89. The SMILES string of the molecule is C=C(C)C(=O)O.C=C(C)C(=O)OC(C)(C)C.[H-].[Na+]. The molecule has 1 N–H and O–H groups in total. The van der Waals surface area contributed by atoms with Crippen molar-refractivity contribution in [2.75, 3.05) is 0 Å². The molecule has 0 fully saturated rings. The van der Waals surface area contributed by atoms with Gasteiger partial charge >= 0.3 is 41.5 Å². The largest absolute Gasteiger partial charge is 1.00 e. The molecule has 0 aromatic heterocycles. The number of carboxylic acids is 1. The van der Waals surface area contributed by atoms with Gasteiger partial charge in [0.2, 0.25) is 0 Å². The first kappa shape index (κ1) is 21.7. The molecule has 94 valence electrons. The van der Waals surface area contributed by atoms with Crippen molar-refractivity contribution >= 4 is 11.9 Å². The van der Waals surface area contributed by atoms with E-state index in [0.29, 0.717) is 5.57 Å². The van der Waals surface area contributed by atoms with Gasteiger partial charge in [-0.15, -0.1) is 0 Å². The van der Waals surface area contributed by atoms with E-state index in [0.717, 1.165) is 0 Å². The summed E-state index contributed by atoms with van der Waals surface area (Å²) in [6, 6.07) is 0. The summed E-state index contributed by atoms with van der Waals surface area (Å²) in [7, 11) is 0. The van der Waals surface area contributed by atoms with Crippen LogP contribution in [0.15, 0.2) is 24.3 Å². The monoisotopic (exact) mass is 252 g/mol. The first-order chi connectivity index (χ1) is 6.97. The Bertz CT molecular complexity index is 294. The molecule has 0 aromatic rings. The Labute approximate surface area is 127 Å². The normalized spacial score (nSPS) is 9.00. The van der Waals surface area contributed by atoms with Crippen LogP contribution >= 0.6 is 0 Å². The van der Waals surface area contributed by atoms with Gasteiger partial charge in [0.1, 0.15) is 5.60 Å². The number of carbonyl (C=O) groups excluding carboxylic acids is 1. The fraction of sp³-hybridized carbons (Fsp3) is 0.500. The minimum atomic E-state index is -0.935. The Hall–Kier alpha value is -0.580. The first-order valence-electron chi connectivity index (χ1n) is 4.75. The minimum Gasteiger partial charge on any atom is -1.00 e. The predicted molar refractivity (Wildman–Crippen MR) is 64.2 cm³/mol. The fourth-order valence-corrected chi connectivity index (χ4v) is 0.365. The zero-order chi connectivity index (χ0) is 13.5. The summed E-state index contributed by atoms with van der Waals surface area (Å²) in [5.74, 6) is -1.26. The van der Waals surface area contributed by atoms with Crippen LogP contribution in [0.2, 0.25) is 0 Å². The van der Waals surface area contributed by atoms with E-state index < -0.39 is 11.6 Å². The molecule has 17 heavy (non-hydrogen) atoms. The molecule has 0 unspecified atom stereocenters. The third-order valence-corrected chi connectivity index (χ3v) is 1.11. The molecule has 0 aliphatic rings. The molecule has 0 aromatic carbocycles. The fourth-order valence-electron chi connectivity index (χ4n) is 0.365. The Morgan fingerprint density at radius 3 is 1.47 bits per heavy atom. The van der Waals surface area contributed by atoms with Crippen LogP contribution < -0.4 is 29.6 Å². The molecule has 4 nitrogen and oxygen atoms in total. The van der Waals surface area contributed by atoms with Crippen molar-refractivity contribution in [1.29, 1.82) is 0 Å². The van der Waals surface area contributed by atoms with Crippen molar-refractivity contribution < 1.29 is 50.4 Å². The van der Waals surface area contributed by atoms with E-state index in [9.17, 15) is 9.59 Å². The van der Waals surface area contributed by atoms with Gasteiger partial charge in [-0.25, -0.2) is 9.59 Å². The molecule has 0 amide bonds.